The van der Waals surface area contributed by atoms with Gasteiger partial charge in [-0.25, -0.2) is 4.98 Å². The molecule has 0 saturated carbocycles. The normalized spacial score (nSPS) is 15.6. The number of benzene rings is 2. The lowest BCUT2D eigenvalue weighted by atomic mass is 10.0. The summed E-state index contributed by atoms with van der Waals surface area (Å²) in [6.45, 7) is 2.03. The van der Waals surface area contributed by atoms with Crippen LogP contribution < -0.4 is 19.5 Å². The van der Waals surface area contributed by atoms with E-state index < -0.39 is 0 Å². The number of methoxy groups -OCH3 is 3. The van der Waals surface area contributed by atoms with Crippen LogP contribution in [0.4, 0.5) is 0 Å². The number of ether oxygens (including phenoxy) is 4. The number of hydrogen-bond acceptors (Lipinski definition) is 6. The van der Waals surface area contributed by atoms with E-state index in [2.05, 4.69) is 5.32 Å². The molecule has 1 unspecified atom stereocenters. The van der Waals surface area contributed by atoms with Crippen molar-refractivity contribution in [3.05, 3.63) is 48.0 Å². The highest BCUT2D eigenvalue weighted by atomic mass is 16.5. The minimum Gasteiger partial charge on any atom is -0.493 e. The Morgan fingerprint density at radius 3 is 2.48 bits per heavy atom. The third-order valence-electron chi connectivity index (χ3n) is 5.50. The van der Waals surface area contributed by atoms with Crippen LogP contribution in [0.2, 0.25) is 0 Å². The number of pyridine rings is 1. The Labute approximate surface area is 181 Å². The topological polar surface area (TPSA) is 78.9 Å². The Balaban J connectivity index is 1.76. The van der Waals surface area contributed by atoms with Gasteiger partial charge in [-0.1, -0.05) is 18.2 Å². The van der Waals surface area contributed by atoms with Crippen LogP contribution in [0.1, 0.15) is 16.8 Å². The highest BCUT2D eigenvalue weighted by molar-refractivity contribution is 6.07. The van der Waals surface area contributed by atoms with Gasteiger partial charge in [0, 0.05) is 30.0 Å². The number of hydrogen-bond donors (Lipinski definition) is 1. The Kier molecular flexibility index (Phi) is 6.23. The molecule has 4 rings (SSSR count). The Morgan fingerprint density at radius 2 is 1.84 bits per heavy atom. The van der Waals surface area contributed by atoms with E-state index in [9.17, 15) is 4.79 Å². The van der Waals surface area contributed by atoms with E-state index in [1.54, 1.807) is 21.3 Å². The molecular weight excluding hydrogens is 396 g/mol. The lowest BCUT2D eigenvalue weighted by molar-refractivity contribution is 0.0946. The first-order valence-corrected chi connectivity index (χ1v) is 10.2. The van der Waals surface area contributed by atoms with Gasteiger partial charge in [0.2, 0.25) is 5.75 Å². The molecule has 1 aromatic heterocycles. The number of amides is 1. The number of rotatable bonds is 7. The molecule has 0 bridgehead atoms. The van der Waals surface area contributed by atoms with Gasteiger partial charge in [0.05, 0.1) is 44.7 Å². The standard InChI is InChI=1S/C24H26N2O5/c1-28-21-10-16(11-22(29-2)23(21)30-3)20-12-18(17-6-4-5-7-19(17)26-20)24(27)25-13-15-8-9-31-14-15/h4-7,10-12,15H,8-9,13-14H2,1-3H3,(H,25,27). The van der Waals surface area contributed by atoms with Crippen molar-refractivity contribution in [3.63, 3.8) is 0 Å². The molecule has 31 heavy (non-hydrogen) atoms. The summed E-state index contributed by atoms with van der Waals surface area (Å²) in [5.74, 6) is 1.79. The maximum absolute atomic E-state index is 13.1. The van der Waals surface area contributed by atoms with Crippen molar-refractivity contribution in [1.82, 2.24) is 10.3 Å². The Morgan fingerprint density at radius 1 is 1.10 bits per heavy atom. The molecule has 1 aliphatic heterocycles. The zero-order chi connectivity index (χ0) is 21.8. The zero-order valence-electron chi connectivity index (χ0n) is 17.9. The summed E-state index contributed by atoms with van der Waals surface area (Å²) in [6.07, 6.45) is 0.966. The van der Waals surface area contributed by atoms with Gasteiger partial charge >= 0.3 is 0 Å². The molecule has 1 N–H and O–H groups in total. The van der Waals surface area contributed by atoms with Gasteiger partial charge in [-0.3, -0.25) is 4.79 Å². The average Bonchev–Trinajstić information content (AvgIpc) is 3.34. The lowest BCUT2D eigenvalue weighted by Crippen LogP contribution is -2.29. The summed E-state index contributed by atoms with van der Waals surface area (Å²) in [6, 6.07) is 13.1. The molecule has 162 valence electrons. The first-order valence-electron chi connectivity index (χ1n) is 10.2. The van der Waals surface area contributed by atoms with Crippen LogP contribution in [0, 0.1) is 5.92 Å². The fourth-order valence-corrected chi connectivity index (χ4v) is 3.82. The van der Waals surface area contributed by atoms with Gasteiger partial charge in [-0.2, -0.15) is 0 Å². The van der Waals surface area contributed by atoms with E-state index in [0.717, 1.165) is 29.5 Å². The van der Waals surface area contributed by atoms with Crippen molar-refractivity contribution in [2.24, 2.45) is 5.92 Å². The van der Waals surface area contributed by atoms with E-state index >= 15 is 0 Å². The van der Waals surface area contributed by atoms with Crippen LogP contribution in [-0.2, 0) is 4.74 Å². The molecule has 0 radical (unpaired) electrons. The molecule has 1 amide bonds. The van der Waals surface area contributed by atoms with Crippen LogP contribution in [0.25, 0.3) is 22.2 Å². The lowest BCUT2D eigenvalue weighted by Gasteiger charge is -2.15. The number of para-hydroxylation sites is 1. The number of nitrogens with one attached hydrogen (secondary N) is 1. The first kappa shape index (κ1) is 20.9. The average molecular weight is 422 g/mol. The van der Waals surface area contributed by atoms with Crippen molar-refractivity contribution >= 4 is 16.8 Å². The molecule has 2 aromatic carbocycles. The van der Waals surface area contributed by atoms with Crippen molar-refractivity contribution < 1.29 is 23.7 Å². The summed E-state index contributed by atoms with van der Waals surface area (Å²) in [4.78, 5) is 17.9. The Bertz CT molecular complexity index is 1070. The van der Waals surface area contributed by atoms with E-state index in [0.29, 0.717) is 47.6 Å². The molecule has 1 atom stereocenters. The van der Waals surface area contributed by atoms with E-state index in [1.807, 2.05) is 42.5 Å². The molecule has 2 heterocycles. The number of carbonyl (C=O) groups is 1. The first-order chi connectivity index (χ1) is 15.1. The van der Waals surface area contributed by atoms with Crippen LogP contribution in [0.3, 0.4) is 0 Å². The molecule has 7 nitrogen and oxygen atoms in total. The van der Waals surface area contributed by atoms with Crippen molar-refractivity contribution in [2.75, 3.05) is 41.1 Å². The molecule has 0 spiro atoms. The second kappa shape index (κ2) is 9.22. The smallest absolute Gasteiger partial charge is 0.252 e. The summed E-state index contributed by atoms with van der Waals surface area (Å²) in [7, 11) is 4.70. The van der Waals surface area contributed by atoms with E-state index in [1.165, 1.54) is 0 Å². The molecule has 1 fully saturated rings. The third-order valence-corrected chi connectivity index (χ3v) is 5.50. The van der Waals surface area contributed by atoms with Gasteiger partial charge < -0.3 is 24.3 Å². The summed E-state index contributed by atoms with van der Waals surface area (Å²) >= 11 is 0. The van der Waals surface area contributed by atoms with E-state index in [-0.39, 0.29) is 5.91 Å². The highest BCUT2D eigenvalue weighted by Gasteiger charge is 2.20. The van der Waals surface area contributed by atoms with Crippen molar-refractivity contribution in [2.45, 2.75) is 6.42 Å². The number of fused-ring (bicyclic) bond motifs is 1. The second-order valence-electron chi connectivity index (χ2n) is 7.43. The molecule has 3 aromatic rings. The van der Waals surface area contributed by atoms with Crippen LogP contribution in [0.15, 0.2) is 42.5 Å². The monoisotopic (exact) mass is 422 g/mol. The summed E-state index contributed by atoms with van der Waals surface area (Å²) in [5.41, 5.74) is 2.72. The molecule has 1 aliphatic rings. The van der Waals surface area contributed by atoms with Crippen LogP contribution in [0.5, 0.6) is 17.2 Å². The minimum absolute atomic E-state index is 0.126. The predicted octanol–water partition coefficient (Wildman–Crippen LogP) is 3.69. The fraction of sp³-hybridized carbons (Fsp3) is 0.333. The number of carbonyl (C=O) groups excluding carboxylic acids is 1. The van der Waals surface area contributed by atoms with Crippen molar-refractivity contribution in [3.8, 4) is 28.5 Å². The summed E-state index contributed by atoms with van der Waals surface area (Å²) < 4.78 is 21.8. The molecule has 7 heteroatoms. The van der Waals surface area contributed by atoms with Gasteiger partial charge in [0.1, 0.15) is 0 Å². The molecule has 1 saturated heterocycles. The van der Waals surface area contributed by atoms with Gasteiger partial charge in [-0.15, -0.1) is 0 Å². The zero-order valence-corrected chi connectivity index (χ0v) is 17.9. The molecular formula is C24H26N2O5. The maximum atomic E-state index is 13.1. The van der Waals surface area contributed by atoms with E-state index in [4.69, 9.17) is 23.9 Å². The maximum Gasteiger partial charge on any atom is 0.252 e. The fourth-order valence-electron chi connectivity index (χ4n) is 3.82. The quantitative estimate of drug-likeness (QED) is 0.626. The van der Waals surface area contributed by atoms with Crippen LogP contribution in [-0.4, -0.2) is 52.0 Å². The summed E-state index contributed by atoms with van der Waals surface area (Å²) in [5, 5.41) is 3.86. The second-order valence-corrected chi connectivity index (χ2v) is 7.43. The predicted molar refractivity (Wildman–Crippen MR) is 118 cm³/mol. The third kappa shape index (κ3) is 4.27. The minimum atomic E-state index is -0.126. The highest BCUT2D eigenvalue weighted by Crippen LogP contribution is 2.41. The van der Waals surface area contributed by atoms with Crippen molar-refractivity contribution in [1.29, 1.82) is 0 Å². The number of aromatic nitrogens is 1. The van der Waals surface area contributed by atoms with Crippen LogP contribution >= 0.6 is 0 Å². The largest absolute Gasteiger partial charge is 0.493 e. The Hall–Kier alpha value is -3.32. The van der Waals surface area contributed by atoms with Gasteiger partial charge in [-0.05, 0) is 30.7 Å². The SMILES string of the molecule is COc1cc(-c2cc(C(=O)NCC3CCOC3)c3ccccc3n2)cc(OC)c1OC. The van der Waals surface area contributed by atoms with Gasteiger partial charge in [0.25, 0.3) is 5.91 Å². The van der Waals surface area contributed by atoms with Gasteiger partial charge in [0.15, 0.2) is 11.5 Å². The number of nitrogens with zero attached hydrogens (tertiary/aromatic N) is 1. The molecule has 0 aliphatic carbocycles.